The molecule has 0 saturated heterocycles. The van der Waals surface area contributed by atoms with E-state index in [4.69, 9.17) is 0 Å². The summed E-state index contributed by atoms with van der Waals surface area (Å²) >= 11 is 9.39. The molecule has 3 rings (SSSR count). The summed E-state index contributed by atoms with van der Waals surface area (Å²) in [5, 5.41) is 2.16. The molecule has 0 saturated carbocycles. The van der Waals surface area contributed by atoms with E-state index in [-0.39, 0.29) is 0 Å². The molecule has 1 heterocycles. The Hall–Kier alpha value is -0.120. The fraction of sp³-hybridized carbons (Fsp3) is 0.333. The maximum atomic E-state index is 3.91. The van der Waals surface area contributed by atoms with Gasteiger partial charge in [-0.3, -0.25) is 0 Å². The molecule has 0 amide bonds. The predicted octanol–water partition coefficient (Wildman–Crippen LogP) is 5.75. The molecule has 2 atom stereocenters. The highest BCUT2D eigenvalue weighted by Gasteiger charge is 2.27. The van der Waals surface area contributed by atoms with Gasteiger partial charge in [0.1, 0.15) is 0 Å². The van der Waals surface area contributed by atoms with Gasteiger partial charge in [0, 0.05) is 9.35 Å². The number of halogens is 2. The minimum Gasteiger partial charge on any atom is -0.147 e. The van der Waals surface area contributed by atoms with Crippen LogP contribution < -0.4 is 0 Å². The quantitative estimate of drug-likeness (QED) is 0.577. The lowest BCUT2D eigenvalue weighted by molar-refractivity contribution is 0.455. The Morgan fingerprint density at radius 1 is 1.17 bits per heavy atom. The predicted molar refractivity (Wildman–Crippen MR) is 85.6 cm³/mol. The van der Waals surface area contributed by atoms with Crippen LogP contribution in [0.4, 0.5) is 0 Å². The first-order valence-corrected chi connectivity index (χ1v) is 8.78. The largest absolute Gasteiger partial charge is 0.147 e. The molecule has 0 aliphatic heterocycles. The van der Waals surface area contributed by atoms with Gasteiger partial charge in [0.15, 0.2) is 0 Å². The highest BCUT2D eigenvalue weighted by atomic mass is 79.9. The Morgan fingerprint density at radius 3 is 2.67 bits per heavy atom. The summed E-state index contributed by atoms with van der Waals surface area (Å²) in [6.07, 6.45) is 3.68. The van der Waals surface area contributed by atoms with Crippen LogP contribution in [0.15, 0.2) is 40.2 Å². The molecule has 0 fully saturated rings. The van der Waals surface area contributed by atoms with E-state index in [1.165, 1.54) is 34.2 Å². The smallest absolute Gasteiger partial charge is 0.0531 e. The molecule has 2 unspecified atom stereocenters. The number of benzene rings is 1. The van der Waals surface area contributed by atoms with Crippen molar-refractivity contribution in [2.75, 3.05) is 0 Å². The number of rotatable bonds is 2. The second-order valence-corrected chi connectivity index (χ2v) is 7.59. The first-order chi connectivity index (χ1) is 8.75. The molecular weight excluding hydrogens is 372 g/mol. The van der Waals surface area contributed by atoms with Gasteiger partial charge in [-0.25, -0.2) is 0 Å². The van der Waals surface area contributed by atoms with Gasteiger partial charge in [-0.2, -0.15) is 0 Å². The SMILES string of the molecule is Brc1ccsc1C(Br)C1CCc2ccccc2C1. The number of aryl methyl sites for hydroxylation is 1. The zero-order chi connectivity index (χ0) is 12.5. The molecule has 94 valence electrons. The van der Waals surface area contributed by atoms with Crippen LogP contribution in [0.3, 0.4) is 0 Å². The van der Waals surface area contributed by atoms with Crippen molar-refractivity contribution >= 4 is 43.2 Å². The van der Waals surface area contributed by atoms with Crippen molar-refractivity contribution in [3.8, 4) is 0 Å². The van der Waals surface area contributed by atoms with Crippen molar-refractivity contribution in [1.82, 2.24) is 0 Å². The molecule has 3 heteroatoms. The number of hydrogen-bond donors (Lipinski definition) is 0. The van der Waals surface area contributed by atoms with E-state index in [1.54, 1.807) is 5.56 Å². The van der Waals surface area contributed by atoms with E-state index in [0.717, 1.165) is 0 Å². The van der Waals surface area contributed by atoms with Gasteiger partial charge in [-0.1, -0.05) is 40.2 Å². The van der Waals surface area contributed by atoms with E-state index >= 15 is 0 Å². The van der Waals surface area contributed by atoms with Crippen LogP contribution in [0, 0.1) is 5.92 Å². The van der Waals surface area contributed by atoms with Crippen molar-refractivity contribution in [2.24, 2.45) is 5.92 Å². The average molecular weight is 386 g/mol. The van der Waals surface area contributed by atoms with Gasteiger partial charge in [0.25, 0.3) is 0 Å². The number of alkyl halides is 1. The monoisotopic (exact) mass is 384 g/mol. The first-order valence-electron chi connectivity index (χ1n) is 6.19. The van der Waals surface area contributed by atoms with Crippen molar-refractivity contribution in [3.05, 3.63) is 56.2 Å². The van der Waals surface area contributed by atoms with Gasteiger partial charge in [-0.15, -0.1) is 11.3 Å². The molecule has 0 bridgehead atoms. The third-order valence-electron chi connectivity index (χ3n) is 3.69. The van der Waals surface area contributed by atoms with E-state index in [9.17, 15) is 0 Å². The van der Waals surface area contributed by atoms with Crippen LogP contribution in [-0.2, 0) is 12.8 Å². The lowest BCUT2D eigenvalue weighted by atomic mass is 9.82. The van der Waals surface area contributed by atoms with Crippen molar-refractivity contribution in [1.29, 1.82) is 0 Å². The van der Waals surface area contributed by atoms with Gasteiger partial charge in [0.2, 0.25) is 0 Å². The normalized spacial score (nSPS) is 20.4. The fourth-order valence-corrected chi connectivity index (χ4v) is 5.71. The van der Waals surface area contributed by atoms with E-state index < -0.39 is 0 Å². The Kier molecular flexibility index (Phi) is 3.92. The first kappa shape index (κ1) is 12.9. The summed E-state index contributed by atoms with van der Waals surface area (Å²) in [4.78, 5) is 1.90. The van der Waals surface area contributed by atoms with E-state index in [0.29, 0.717) is 10.7 Å². The highest BCUT2D eigenvalue weighted by molar-refractivity contribution is 9.11. The topological polar surface area (TPSA) is 0 Å². The maximum absolute atomic E-state index is 3.91. The Labute approximate surface area is 129 Å². The molecule has 0 nitrogen and oxygen atoms in total. The van der Waals surface area contributed by atoms with Gasteiger partial charge in [0.05, 0.1) is 4.83 Å². The lowest BCUT2D eigenvalue weighted by Crippen LogP contribution is -2.17. The molecule has 1 aliphatic rings. The zero-order valence-corrected chi connectivity index (χ0v) is 13.9. The summed E-state index contributed by atoms with van der Waals surface area (Å²) in [5.74, 6) is 0.704. The second kappa shape index (κ2) is 5.48. The summed E-state index contributed by atoms with van der Waals surface area (Å²) in [5.41, 5.74) is 3.07. The Morgan fingerprint density at radius 2 is 1.94 bits per heavy atom. The Bertz CT molecular complexity index is 547. The van der Waals surface area contributed by atoms with Crippen LogP contribution in [0.2, 0.25) is 0 Å². The fourth-order valence-electron chi connectivity index (χ4n) is 2.69. The summed E-state index contributed by atoms with van der Waals surface area (Å²) in [6, 6.07) is 11.0. The molecule has 18 heavy (non-hydrogen) atoms. The lowest BCUT2D eigenvalue weighted by Gasteiger charge is -2.28. The van der Waals surface area contributed by atoms with Crippen molar-refractivity contribution in [2.45, 2.75) is 24.1 Å². The van der Waals surface area contributed by atoms with E-state index in [1.807, 2.05) is 11.3 Å². The maximum Gasteiger partial charge on any atom is 0.0531 e. The van der Waals surface area contributed by atoms with Crippen LogP contribution in [-0.4, -0.2) is 0 Å². The van der Waals surface area contributed by atoms with Crippen LogP contribution in [0.1, 0.15) is 27.3 Å². The standard InChI is InChI=1S/C15H14Br2S/c16-13-7-8-18-15(13)14(17)12-6-5-10-3-1-2-4-11(10)9-12/h1-4,7-8,12,14H,5-6,9H2. The summed E-state index contributed by atoms with van der Waals surface area (Å²) in [6.45, 7) is 0. The average Bonchev–Trinajstić information content (AvgIpc) is 2.83. The zero-order valence-electron chi connectivity index (χ0n) is 9.90. The van der Waals surface area contributed by atoms with E-state index in [2.05, 4.69) is 67.6 Å². The molecule has 2 aromatic rings. The minimum absolute atomic E-state index is 0.472. The molecule has 1 aromatic heterocycles. The Balaban J connectivity index is 1.82. The van der Waals surface area contributed by atoms with Crippen molar-refractivity contribution in [3.63, 3.8) is 0 Å². The number of thiophene rings is 1. The molecule has 1 aromatic carbocycles. The van der Waals surface area contributed by atoms with Gasteiger partial charge >= 0.3 is 0 Å². The van der Waals surface area contributed by atoms with Gasteiger partial charge < -0.3 is 0 Å². The number of fused-ring (bicyclic) bond motifs is 1. The summed E-state index contributed by atoms with van der Waals surface area (Å²) in [7, 11) is 0. The minimum atomic E-state index is 0.472. The summed E-state index contributed by atoms with van der Waals surface area (Å²) < 4.78 is 1.24. The van der Waals surface area contributed by atoms with Crippen LogP contribution in [0.5, 0.6) is 0 Å². The molecule has 1 aliphatic carbocycles. The van der Waals surface area contributed by atoms with Crippen LogP contribution >= 0.6 is 43.2 Å². The molecular formula is C15H14Br2S. The second-order valence-electron chi connectivity index (χ2n) is 4.81. The van der Waals surface area contributed by atoms with Gasteiger partial charge in [-0.05, 0) is 63.7 Å². The third kappa shape index (κ3) is 2.45. The molecule has 0 radical (unpaired) electrons. The highest BCUT2D eigenvalue weighted by Crippen LogP contribution is 2.43. The number of hydrogen-bond acceptors (Lipinski definition) is 1. The molecule has 0 N–H and O–H groups in total. The third-order valence-corrected chi connectivity index (χ3v) is 7.16. The van der Waals surface area contributed by atoms with Crippen molar-refractivity contribution < 1.29 is 0 Å². The van der Waals surface area contributed by atoms with Crippen LogP contribution in [0.25, 0.3) is 0 Å². The molecule has 0 spiro atoms.